The van der Waals surface area contributed by atoms with Crippen molar-refractivity contribution in [1.29, 1.82) is 0 Å². The van der Waals surface area contributed by atoms with Crippen LogP contribution >= 0.6 is 15.9 Å². The molecule has 0 spiro atoms. The Morgan fingerprint density at radius 2 is 1.68 bits per heavy atom. The van der Waals surface area contributed by atoms with Gasteiger partial charge >= 0.3 is 0 Å². The van der Waals surface area contributed by atoms with E-state index in [0.29, 0.717) is 42.0 Å². The molecule has 3 aromatic rings. The molecule has 2 N–H and O–H groups in total. The largest absolute Gasteiger partial charge is 0.352 e. The molecule has 0 aliphatic heterocycles. The van der Waals surface area contributed by atoms with Gasteiger partial charge in [0.1, 0.15) is 5.56 Å². The lowest BCUT2D eigenvalue weighted by atomic mass is 10.2. The number of benzene rings is 1. The second-order valence-electron chi connectivity index (χ2n) is 6.61. The second-order valence-corrected chi connectivity index (χ2v) is 7.52. The van der Waals surface area contributed by atoms with E-state index in [2.05, 4.69) is 36.6 Å². The number of aryl methyl sites for hydroxylation is 3. The maximum absolute atomic E-state index is 12.6. The SMILES string of the molecule is Cc1cc(C)n2nc(C)c(C(=O)NCCCNC(=O)c3ccc(Br)cc3)c2n1. The van der Waals surface area contributed by atoms with Crippen LogP contribution in [0.4, 0.5) is 0 Å². The molecule has 7 nitrogen and oxygen atoms in total. The number of amides is 2. The third-order valence-electron chi connectivity index (χ3n) is 4.33. The molecule has 0 saturated heterocycles. The van der Waals surface area contributed by atoms with Crippen molar-refractivity contribution in [3.05, 3.63) is 63.0 Å². The molecular weight excluding hydrogens is 422 g/mol. The van der Waals surface area contributed by atoms with Crippen LogP contribution in [-0.2, 0) is 0 Å². The Labute approximate surface area is 171 Å². The van der Waals surface area contributed by atoms with Gasteiger partial charge in [0.25, 0.3) is 11.8 Å². The minimum absolute atomic E-state index is 0.132. The van der Waals surface area contributed by atoms with E-state index >= 15 is 0 Å². The molecular formula is C20H22BrN5O2. The van der Waals surface area contributed by atoms with Crippen molar-refractivity contribution in [2.24, 2.45) is 0 Å². The molecule has 0 aliphatic carbocycles. The first-order valence-corrected chi connectivity index (χ1v) is 9.81. The molecule has 2 amide bonds. The predicted octanol–water partition coefficient (Wildman–Crippen LogP) is 2.97. The molecule has 0 radical (unpaired) electrons. The van der Waals surface area contributed by atoms with Gasteiger partial charge in [-0.05, 0) is 57.5 Å². The number of nitrogens with one attached hydrogen (secondary N) is 2. The Hall–Kier alpha value is -2.74. The molecule has 0 fully saturated rings. The third kappa shape index (κ3) is 4.39. The zero-order valence-corrected chi connectivity index (χ0v) is 17.6. The van der Waals surface area contributed by atoms with Crippen LogP contribution in [0.1, 0.15) is 44.2 Å². The van der Waals surface area contributed by atoms with Crippen molar-refractivity contribution in [3.63, 3.8) is 0 Å². The van der Waals surface area contributed by atoms with E-state index in [4.69, 9.17) is 0 Å². The fourth-order valence-corrected chi connectivity index (χ4v) is 3.24. The van der Waals surface area contributed by atoms with E-state index in [0.717, 1.165) is 15.9 Å². The average Bonchev–Trinajstić information content (AvgIpc) is 2.98. The first-order valence-electron chi connectivity index (χ1n) is 9.02. The van der Waals surface area contributed by atoms with Crippen LogP contribution in [0.2, 0.25) is 0 Å². The fourth-order valence-electron chi connectivity index (χ4n) is 2.98. The number of hydrogen-bond acceptors (Lipinski definition) is 4. The lowest BCUT2D eigenvalue weighted by molar-refractivity contribution is 0.0952. The number of nitrogens with zero attached hydrogens (tertiary/aromatic N) is 3. The van der Waals surface area contributed by atoms with Crippen molar-refractivity contribution in [2.45, 2.75) is 27.2 Å². The fraction of sp³-hybridized carbons (Fsp3) is 0.300. The van der Waals surface area contributed by atoms with Crippen LogP contribution in [0.5, 0.6) is 0 Å². The van der Waals surface area contributed by atoms with Gasteiger partial charge in [-0.1, -0.05) is 15.9 Å². The number of halogens is 1. The molecule has 0 aliphatic rings. The van der Waals surface area contributed by atoms with Crippen LogP contribution < -0.4 is 10.6 Å². The summed E-state index contributed by atoms with van der Waals surface area (Å²) in [6.07, 6.45) is 0.623. The predicted molar refractivity (Wildman–Crippen MR) is 111 cm³/mol. The van der Waals surface area contributed by atoms with Crippen molar-refractivity contribution >= 4 is 33.4 Å². The van der Waals surface area contributed by atoms with Gasteiger partial charge in [0.2, 0.25) is 0 Å². The highest BCUT2D eigenvalue weighted by Crippen LogP contribution is 2.16. The first-order chi connectivity index (χ1) is 13.4. The van der Waals surface area contributed by atoms with Crippen molar-refractivity contribution < 1.29 is 9.59 Å². The molecule has 2 heterocycles. The minimum atomic E-state index is -0.204. The van der Waals surface area contributed by atoms with E-state index in [1.54, 1.807) is 23.6 Å². The molecule has 2 aromatic heterocycles. The van der Waals surface area contributed by atoms with E-state index < -0.39 is 0 Å². The van der Waals surface area contributed by atoms with E-state index in [1.807, 2.05) is 32.0 Å². The summed E-state index contributed by atoms with van der Waals surface area (Å²) in [7, 11) is 0. The number of fused-ring (bicyclic) bond motifs is 1. The lowest BCUT2D eigenvalue weighted by Gasteiger charge is -2.07. The number of carbonyl (C=O) groups is 2. The molecule has 3 rings (SSSR count). The molecule has 28 heavy (non-hydrogen) atoms. The first kappa shape index (κ1) is 20.0. The van der Waals surface area contributed by atoms with Crippen LogP contribution in [0.25, 0.3) is 5.65 Å². The van der Waals surface area contributed by atoms with Gasteiger partial charge in [0.05, 0.1) is 5.69 Å². The van der Waals surface area contributed by atoms with E-state index in [-0.39, 0.29) is 11.8 Å². The summed E-state index contributed by atoms with van der Waals surface area (Å²) in [5.74, 6) is -0.336. The second kappa shape index (κ2) is 8.52. The summed E-state index contributed by atoms with van der Waals surface area (Å²) in [5.41, 5.74) is 4.07. The maximum Gasteiger partial charge on any atom is 0.257 e. The summed E-state index contributed by atoms with van der Waals surface area (Å²) in [6.45, 7) is 6.55. The van der Waals surface area contributed by atoms with Gasteiger partial charge in [-0.25, -0.2) is 9.50 Å². The topological polar surface area (TPSA) is 88.4 Å². The Kier molecular flexibility index (Phi) is 6.08. The molecule has 0 saturated carbocycles. The zero-order chi connectivity index (χ0) is 20.3. The number of carbonyl (C=O) groups excluding carboxylic acids is 2. The van der Waals surface area contributed by atoms with Crippen LogP contribution in [0.15, 0.2) is 34.8 Å². The van der Waals surface area contributed by atoms with Crippen molar-refractivity contribution in [2.75, 3.05) is 13.1 Å². The van der Waals surface area contributed by atoms with Crippen LogP contribution in [0, 0.1) is 20.8 Å². The summed E-state index contributed by atoms with van der Waals surface area (Å²) in [5, 5.41) is 10.2. The van der Waals surface area contributed by atoms with Gasteiger partial charge in [-0.2, -0.15) is 5.10 Å². The molecule has 0 atom stereocenters. The Bertz CT molecular complexity index is 1030. The Balaban J connectivity index is 1.54. The highest BCUT2D eigenvalue weighted by Gasteiger charge is 2.19. The number of aromatic nitrogens is 3. The normalized spacial score (nSPS) is 10.9. The summed E-state index contributed by atoms with van der Waals surface area (Å²) in [6, 6.07) is 9.09. The van der Waals surface area contributed by atoms with E-state index in [1.165, 1.54) is 0 Å². The van der Waals surface area contributed by atoms with Crippen molar-refractivity contribution in [3.8, 4) is 0 Å². The maximum atomic E-state index is 12.6. The monoisotopic (exact) mass is 443 g/mol. The van der Waals surface area contributed by atoms with Gasteiger partial charge in [-0.3, -0.25) is 9.59 Å². The third-order valence-corrected chi connectivity index (χ3v) is 4.86. The van der Waals surface area contributed by atoms with E-state index in [9.17, 15) is 9.59 Å². The lowest BCUT2D eigenvalue weighted by Crippen LogP contribution is -2.30. The van der Waals surface area contributed by atoms with Gasteiger partial charge in [0.15, 0.2) is 5.65 Å². The zero-order valence-electron chi connectivity index (χ0n) is 16.0. The summed E-state index contributed by atoms with van der Waals surface area (Å²) >= 11 is 3.34. The van der Waals surface area contributed by atoms with Crippen molar-refractivity contribution in [1.82, 2.24) is 25.2 Å². The van der Waals surface area contributed by atoms with Crippen LogP contribution in [-0.4, -0.2) is 39.5 Å². The Morgan fingerprint density at radius 1 is 1.04 bits per heavy atom. The highest BCUT2D eigenvalue weighted by molar-refractivity contribution is 9.10. The van der Waals surface area contributed by atoms with Gasteiger partial charge < -0.3 is 10.6 Å². The molecule has 8 heteroatoms. The van der Waals surface area contributed by atoms with Gasteiger partial charge in [-0.15, -0.1) is 0 Å². The molecule has 1 aromatic carbocycles. The highest BCUT2D eigenvalue weighted by atomic mass is 79.9. The quantitative estimate of drug-likeness (QED) is 0.573. The average molecular weight is 444 g/mol. The molecule has 0 unspecified atom stereocenters. The summed E-state index contributed by atoms with van der Waals surface area (Å²) < 4.78 is 2.62. The standard InChI is InChI=1S/C20H22BrN5O2/c1-12-11-13(2)26-18(24-12)17(14(3)25-26)20(28)23-10-4-9-22-19(27)15-5-7-16(21)8-6-15/h5-8,11H,4,9-10H2,1-3H3,(H,22,27)(H,23,28). The molecule has 0 bridgehead atoms. The summed E-state index contributed by atoms with van der Waals surface area (Å²) in [4.78, 5) is 29.1. The number of hydrogen-bond donors (Lipinski definition) is 2. The smallest absolute Gasteiger partial charge is 0.257 e. The molecule has 146 valence electrons. The van der Waals surface area contributed by atoms with Gasteiger partial charge in [0, 0.05) is 34.5 Å². The number of rotatable bonds is 6. The Morgan fingerprint density at radius 3 is 2.36 bits per heavy atom. The minimum Gasteiger partial charge on any atom is -0.352 e. The van der Waals surface area contributed by atoms with Crippen LogP contribution in [0.3, 0.4) is 0 Å².